The van der Waals surface area contributed by atoms with Crippen LogP contribution in [0.4, 0.5) is 0 Å². The van der Waals surface area contributed by atoms with Gasteiger partial charge in [0.05, 0.1) is 23.6 Å². The molecule has 8 heteroatoms. The molecule has 0 fully saturated rings. The maximum Gasteiger partial charge on any atom is 0.335 e. The van der Waals surface area contributed by atoms with E-state index in [0.717, 1.165) is 5.56 Å². The number of ether oxygens (including phenoxy) is 1. The van der Waals surface area contributed by atoms with Gasteiger partial charge in [0.2, 0.25) is 10.0 Å². The van der Waals surface area contributed by atoms with E-state index in [0.29, 0.717) is 28.3 Å². The maximum absolute atomic E-state index is 13.8. The number of aryl methyl sites for hydroxylation is 1. The summed E-state index contributed by atoms with van der Waals surface area (Å²) in [5.41, 5.74) is 2.12. The van der Waals surface area contributed by atoms with E-state index in [-0.39, 0.29) is 17.0 Å². The average Bonchev–Trinajstić information content (AvgIpc) is 2.81. The molecule has 33 heavy (non-hydrogen) atoms. The van der Waals surface area contributed by atoms with Crippen molar-refractivity contribution in [2.75, 3.05) is 7.11 Å². The van der Waals surface area contributed by atoms with Crippen molar-refractivity contribution in [2.24, 2.45) is 0 Å². The first-order valence-corrected chi connectivity index (χ1v) is 12.2. The highest BCUT2D eigenvalue weighted by Gasteiger charge is 2.33. The number of rotatable bonds is 9. The third-order valence-electron chi connectivity index (χ3n) is 5.55. The molecule has 0 aliphatic carbocycles. The zero-order valence-corrected chi connectivity index (χ0v) is 20.2. The number of nitrogens with zero attached hydrogens (tertiary/aromatic N) is 1. The molecule has 0 aliphatic heterocycles. The van der Waals surface area contributed by atoms with Gasteiger partial charge < -0.3 is 9.84 Å². The molecule has 0 saturated carbocycles. The maximum atomic E-state index is 13.8. The Bertz CT molecular complexity index is 1230. The number of sulfonamides is 1. The molecule has 1 atom stereocenters. The highest BCUT2D eigenvalue weighted by molar-refractivity contribution is 7.89. The largest absolute Gasteiger partial charge is 0.496 e. The molecule has 0 radical (unpaired) electrons. The lowest BCUT2D eigenvalue weighted by molar-refractivity contribution is 0.0696. The molecule has 0 spiro atoms. The molecule has 0 aromatic heterocycles. The lowest BCUT2D eigenvalue weighted by Gasteiger charge is -2.32. The van der Waals surface area contributed by atoms with Crippen LogP contribution in [-0.4, -0.2) is 30.9 Å². The molecule has 3 aromatic rings. The van der Waals surface area contributed by atoms with Crippen LogP contribution in [0.25, 0.3) is 0 Å². The summed E-state index contributed by atoms with van der Waals surface area (Å²) >= 11 is 6.06. The second-order valence-corrected chi connectivity index (χ2v) is 9.95. The highest BCUT2D eigenvalue weighted by atomic mass is 35.5. The highest BCUT2D eigenvalue weighted by Crippen LogP contribution is 2.35. The first-order chi connectivity index (χ1) is 15.7. The molecular weight excluding hydrogens is 462 g/mol. The summed E-state index contributed by atoms with van der Waals surface area (Å²) in [7, 11) is -2.47. The van der Waals surface area contributed by atoms with Crippen LogP contribution in [0.1, 0.15) is 46.4 Å². The van der Waals surface area contributed by atoms with Gasteiger partial charge in [-0.2, -0.15) is 4.31 Å². The lowest BCUT2D eigenvalue weighted by Crippen LogP contribution is -2.34. The van der Waals surface area contributed by atoms with E-state index in [1.165, 1.54) is 23.5 Å². The number of hydrogen-bond donors (Lipinski definition) is 1. The van der Waals surface area contributed by atoms with Gasteiger partial charge in [0, 0.05) is 17.1 Å². The molecule has 3 rings (SSSR count). The lowest BCUT2D eigenvalue weighted by atomic mass is 10.0. The van der Waals surface area contributed by atoms with Crippen LogP contribution < -0.4 is 4.74 Å². The Morgan fingerprint density at radius 1 is 1.09 bits per heavy atom. The fraction of sp³-hybridized carbons (Fsp3) is 0.240. The smallest absolute Gasteiger partial charge is 0.335 e. The monoisotopic (exact) mass is 487 g/mol. The number of methoxy groups -OCH3 is 1. The predicted molar refractivity (Wildman–Crippen MR) is 128 cm³/mol. The van der Waals surface area contributed by atoms with E-state index in [1.807, 2.05) is 19.1 Å². The minimum absolute atomic E-state index is 0.00721. The van der Waals surface area contributed by atoms with Gasteiger partial charge in [-0.05, 0) is 60.9 Å². The average molecular weight is 488 g/mol. The number of benzene rings is 3. The predicted octanol–water partition coefficient (Wildman–Crippen LogP) is 5.70. The van der Waals surface area contributed by atoms with Crippen molar-refractivity contribution in [3.63, 3.8) is 0 Å². The Labute approximate surface area is 199 Å². The van der Waals surface area contributed by atoms with Gasteiger partial charge in [0.25, 0.3) is 0 Å². The second kappa shape index (κ2) is 10.4. The first-order valence-electron chi connectivity index (χ1n) is 10.4. The Morgan fingerprint density at radius 2 is 1.73 bits per heavy atom. The van der Waals surface area contributed by atoms with Crippen LogP contribution in [0, 0.1) is 6.92 Å². The third-order valence-corrected chi connectivity index (χ3v) is 7.67. The van der Waals surface area contributed by atoms with Crippen LogP contribution >= 0.6 is 11.6 Å². The van der Waals surface area contributed by atoms with Crippen LogP contribution in [0.2, 0.25) is 5.02 Å². The molecule has 0 amide bonds. The third kappa shape index (κ3) is 5.38. The second-order valence-electron chi connectivity index (χ2n) is 7.62. The molecule has 0 bridgehead atoms. The summed E-state index contributed by atoms with van der Waals surface area (Å²) in [6, 6.07) is 17.8. The van der Waals surface area contributed by atoms with Gasteiger partial charge in [0.1, 0.15) is 5.75 Å². The summed E-state index contributed by atoms with van der Waals surface area (Å²) in [6.07, 6.45) is 0.516. The van der Waals surface area contributed by atoms with Gasteiger partial charge in [-0.3, -0.25) is 0 Å². The van der Waals surface area contributed by atoms with Crippen molar-refractivity contribution >= 4 is 27.6 Å². The van der Waals surface area contributed by atoms with E-state index in [1.54, 1.807) is 49.4 Å². The number of aromatic carboxylic acids is 1. The zero-order chi connectivity index (χ0) is 24.2. The van der Waals surface area contributed by atoms with E-state index < -0.39 is 22.0 Å². The Kier molecular flexibility index (Phi) is 7.79. The molecule has 0 saturated heterocycles. The normalized spacial score (nSPS) is 12.5. The number of carboxylic acids is 1. The molecular formula is C25H26ClNO5S. The van der Waals surface area contributed by atoms with Crippen molar-refractivity contribution in [1.29, 1.82) is 0 Å². The van der Waals surface area contributed by atoms with E-state index in [2.05, 4.69) is 0 Å². The summed E-state index contributed by atoms with van der Waals surface area (Å²) in [5, 5.41) is 9.97. The van der Waals surface area contributed by atoms with Crippen LogP contribution in [0.15, 0.2) is 71.6 Å². The minimum atomic E-state index is -3.91. The molecule has 1 unspecified atom stereocenters. The zero-order valence-electron chi connectivity index (χ0n) is 18.7. The first kappa shape index (κ1) is 24.8. The summed E-state index contributed by atoms with van der Waals surface area (Å²) in [4.78, 5) is 11.7. The van der Waals surface area contributed by atoms with Gasteiger partial charge in [-0.15, -0.1) is 0 Å². The molecule has 3 aromatic carbocycles. The van der Waals surface area contributed by atoms with Crippen molar-refractivity contribution in [2.45, 2.75) is 37.8 Å². The van der Waals surface area contributed by atoms with Gasteiger partial charge in [-0.25, -0.2) is 13.2 Å². The molecule has 174 valence electrons. The fourth-order valence-electron chi connectivity index (χ4n) is 3.83. The molecule has 1 N–H and O–H groups in total. The summed E-state index contributed by atoms with van der Waals surface area (Å²) < 4.78 is 34.6. The Balaban J connectivity index is 2.18. The topological polar surface area (TPSA) is 83.9 Å². The van der Waals surface area contributed by atoms with Gasteiger partial charge >= 0.3 is 5.97 Å². The van der Waals surface area contributed by atoms with Crippen LogP contribution in [0.5, 0.6) is 5.75 Å². The van der Waals surface area contributed by atoms with Crippen molar-refractivity contribution in [3.8, 4) is 5.75 Å². The number of carboxylic acid groups (broad SMARTS) is 1. The standard InChI is InChI=1S/C25H26ClNO5S/c1-4-23(18-10-12-20(26)13-11-18)27(33(30,31)21-8-6-5-7-9-21)16-22-17(2)14-19(25(28)29)15-24(22)32-3/h5-15,23H,4,16H2,1-3H3,(H,28,29). The Hall–Kier alpha value is -2.87. The molecule has 0 aliphatic rings. The fourth-order valence-corrected chi connectivity index (χ4v) is 5.63. The summed E-state index contributed by atoms with van der Waals surface area (Å²) in [5.74, 6) is -0.754. The van der Waals surface area contributed by atoms with Gasteiger partial charge in [0.15, 0.2) is 0 Å². The quantitative estimate of drug-likeness (QED) is 0.418. The summed E-state index contributed by atoms with van der Waals surface area (Å²) in [6.45, 7) is 3.68. The minimum Gasteiger partial charge on any atom is -0.496 e. The number of hydrogen-bond acceptors (Lipinski definition) is 4. The van der Waals surface area contributed by atoms with E-state index in [4.69, 9.17) is 16.3 Å². The number of carbonyl (C=O) groups is 1. The SMILES string of the molecule is CCC(c1ccc(Cl)cc1)N(Cc1c(C)cc(C(=O)O)cc1OC)S(=O)(=O)c1ccccc1. The Morgan fingerprint density at radius 3 is 2.27 bits per heavy atom. The van der Waals surface area contributed by atoms with Crippen LogP contribution in [-0.2, 0) is 16.6 Å². The van der Waals surface area contributed by atoms with E-state index in [9.17, 15) is 18.3 Å². The molecule has 6 nitrogen and oxygen atoms in total. The molecule has 0 heterocycles. The van der Waals surface area contributed by atoms with Crippen molar-refractivity contribution in [3.05, 3.63) is 94.0 Å². The van der Waals surface area contributed by atoms with Gasteiger partial charge in [-0.1, -0.05) is 48.9 Å². The van der Waals surface area contributed by atoms with Crippen molar-refractivity contribution in [1.82, 2.24) is 4.31 Å². The number of halogens is 1. The van der Waals surface area contributed by atoms with Crippen molar-refractivity contribution < 1.29 is 23.1 Å². The van der Waals surface area contributed by atoms with E-state index >= 15 is 0 Å². The van der Waals surface area contributed by atoms with Crippen LogP contribution in [0.3, 0.4) is 0 Å².